The molecular weight excluding hydrogens is 244 g/mol. The van der Waals surface area contributed by atoms with Gasteiger partial charge in [0.2, 0.25) is 0 Å². The minimum atomic E-state index is -0.794. The number of anilines is 1. The molecule has 100 valence electrons. The van der Waals surface area contributed by atoms with E-state index in [9.17, 15) is 5.26 Å². The number of nitrogens with zero attached hydrogens (tertiary/aromatic N) is 2. The Kier molecular flexibility index (Phi) is 4.22. The zero-order chi connectivity index (χ0) is 14.4. The molecule has 0 saturated carbocycles. The summed E-state index contributed by atoms with van der Waals surface area (Å²) in [6.45, 7) is 1.94. The molecule has 0 bridgehead atoms. The Bertz CT molecular complexity index is 611. The number of likely N-dealkylation sites (N-methyl/N-ethyl adjacent to an activating group) is 1. The third-order valence-corrected chi connectivity index (χ3v) is 3.46. The first-order valence-corrected chi connectivity index (χ1v) is 6.64. The Morgan fingerprint density at radius 1 is 1.00 bits per heavy atom. The summed E-state index contributed by atoms with van der Waals surface area (Å²) in [6.07, 6.45) is 3.87. The van der Waals surface area contributed by atoms with Crippen LogP contribution in [0.2, 0.25) is 0 Å². The van der Waals surface area contributed by atoms with Crippen molar-refractivity contribution in [2.24, 2.45) is 0 Å². The number of benzene rings is 2. The predicted molar refractivity (Wildman–Crippen MR) is 83.4 cm³/mol. The fourth-order valence-electron chi connectivity index (χ4n) is 2.37. The number of rotatable bonds is 4. The molecule has 2 heteroatoms. The van der Waals surface area contributed by atoms with Crippen LogP contribution in [-0.2, 0) is 5.54 Å². The summed E-state index contributed by atoms with van der Waals surface area (Å²) in [4.78, 5) is 2.00. The molecule has 0 aromatic heterocycles. The molecular formula is C18H18N2. The lowest BCUT2D eigenvalue weighted by molar-refractivity contribution is 0.664. The van der Waals surface area contributed by atoms with Crippen LogP contribution in [0.3, 0.4) is 0 Å². The van der Waals surface area contributed by atoms with Gasteiger partial charge in [0.1, 0.15) is 6.07 Å². The monoisotopic (exact) mass is 262 g/mol. The van der Waals surface area contributed by atoms with E-state index in [2.05, 4.69) is 6.07 Å². The normalized spacial score (nSPS) is 13.7. The lowest BCUT2D eigenvalue weighted by atomic mass is 9.88. The molecule has 0 spiro atoms. The van der Waals surface area contributed by atoms with Crippen molar-refractivity contribution in [2.45, 2.75) is 12.5 Å². The molecule has 0 N–H and O–H groups in total. The van der Waals surface area contributed by atoms with Crippen molar-refractivity contribution in [3.63, 3.8) is 0 Å². The van der Waals surface area contributed by atoms with Gasteiger partial charge in [-0.1, -0.05) is 54.6 Å². The Hall–Kier alpha value is -2.53. The average molecular weight is 262 g/mol. The highest BCUT2D eigenvalue weighted by molar-refractivity contribution is 5.56. The highest BCUT2D eigenvalue weighted by atomic mass is 15.2. The molecule has 2 nitrogen and oxygen atoms in total. The Balaban J connectivity index is 2.57. The molecule has 0 aliphatic heterocycles. The van der Waals surface area contributed by atoms with E-state index in [1.807, 2.05) is 91.7 Å². The van der Waals surface area contributed by atoms with E-state index in [0.29, 0.717) is 0 Å². The molecule has 2 rings (SSSR count). The van der Waals surface area contributed by atoms with Gasteiger partial charge >= 0.3 is 0 Å². The smallest absolute Gasteiger partial charge is 0.172 e. The Morgan fingerprint density at radius 3 is 2.05 bits per heavy atom. The molecule has 2 aromatic carbocycles. The summed E-state index contributed by atoms with van der Waals surface area (Å²) in [5, 5.41) is 9.85. The minimum Gasteiger partial charge on any atom is -0.350 e. The lowest BCUT2D eigenvalue weighted by Crippen LogP contribution is -2.41. The molecule has 0 radical (unpaired) electrons. The molecule has 1 unspecified atom stereocenters. The van der Waals surface area contributed by atoms with Gasteiger partial charge in [-0.2, -0.15) is 5.26 Å². The lowest BCUT2D eigenvalue weighted by Gasteiger charge is -2.36. The van der Waals surface area contributed by atoms with Crippen molar-refractivity contribution in [3.05, 3.63) is 78.4 Å². The van der Waals surface area contributed by atoms with E-state index in [4.69, 9.17) is 0 Å². The summed E-state index contributed by atoms with van der Waals surface area (Å²) < 4.78 is 0. The van der Waals surface area contributed by atoms with Crippen LogP contribution in [0, 0.1) is 11.3 Å². The van der Waals surface area contributed by atoms with E-state index in [1.165, 1.54) is 0 Å². The van der Waals surface area contributed by atoms with Gasteiger partial charge < -0.3 is 4.90 Å². The second kappa shape index (κ2) is 6.08. The largest absolute Gasteiger partial charge is 0.350 e. The van der Waals surface area contributed by atoms with Gasteiger partial charge in [0, 0.05) is 12.7 Å². The Labute approximate surface area is 120 Å². The van der Waals surface area contributed by atoms with Crippen LogP contribution in [0.4, 0.5) is 5.69 Å². The van der Waals surface area contributed by atoms with Crippen molar-refractivity contribution >= 4 is 5.69 Å². The zero-order valence-electron chi connectivity index (χ0n) is 11.8. The maximum Gasteiger partial charge on any atom is 0.172 e. The molecule has 1 atom stereocenters. The van der Waals surface area contributed by atoms with E-state index in [1.54, 1.807) is 0 Å². The second-order valence-electron chi connectivity index (χ2n) is 4.64. The summed E-state index contributed by atoms with van der Waals surface area (Å²) in [7, 11) is 1.95. The summed E-state index contributed by atoms with van der Waals surface area (Å²) in [5.74, 6) is 0. The van der Waals surface area contributed by atoms with E-state index in [-0.39, 0.29) is 0 Å². The number of hydrogen-bond acceptors (Lipinski definition) is 2. The van der Waals surface area contributed by atoms with Gasteiger partial charge in [-0.3, -0.25) is 0 Å². The quantitative estimate of drug-likeness (QED) is 0.775. The van der Waals surface area contributed by atoms with Crippen molar-refractivity contribution in [1.82, 2.24) is 0 Å². The minimum absolute atomic E-state index is 0.794. The van der Waals surface area contributed by atoms with Crippen LogP contribution >= 0.6 is 0 Å². The van der Waals surface area contributed by atoms with Crippen LogP contribution in [0.5, 0.6) is 0 Å². The molecule has 0 aliphatic carbocycles. The first-order chi connectivity index (χ1) is 9.74. The number of nitriles is 1. The molecule has 0 saturated heterocycles. The molecule has 2 aromatic rings. The second-order valence-corrected chi connectivity index (χ2v) is 4.64. The van der Waals surface area contributed by atoms with Crippen molar-refractivity contribution < 1.29 is 0 Å². The standard InChI is InChI=1S/C18H18N2/c1-3-14-18(15-19,16-10-6-4-7-11-16)20(2)17-12-8-5-9-13-17/h3-14H,1-2H3/b14-3-. The fraction of sp³-hybridized carbons (Fsp3) is 0.167. The van der Waals surface area contributed by atoms with Crippen molar-refractivity contribution in [2.75, 3.05) is 11.9 Å². The number of para-hydroxylation sites is 1. The first-order valence-electron chi connectivity index (χ1n) is 6.64. The van der Waals surface area contributed by atoms with E-state index >= 15 is 0 Å². The molecule has 0 heterocycles. The summed E-state index contributed by atoms with van der Waals surface area (Å²) >= 11 is 0. The van der Waals surface area contributed by atoms with Crippen LogP contribution in [0.25, 0.3) is 0 Å². The van der Waals surface area contributed by atoms with Gasteiger partial charge in [-0.05, 0) is 30.7 Å². The third-order valence-electron chi connectivity index (χ3n) is 3.46. The molecule has 0 fully saturated rings. The maximum absolute atomic E-state index is 9.85. The van der Waals surface area contributed by atoms with Gasteiger partial charge in [0.25, 0.3) is 0 Å². The van der Waals surface area contributed by atoms with Gasteiger partial charge in [-0.25, -0.2) is 0 Å². The highest BCUT2D eigenvalue weighted by Crippen LogP contribution is 2.32. The van der Waals surface area contributed by atoms with Crippen LogP contribution in [0.15, 0.2) is 72.8 Å². The fourth-order valence-corrected chi connectivity index (χ4v) is 2.37. The third kappa shape index (κ3) is 2.44. The van der Waals surface area contributed by atoms with Gasteiger partial charge in [0.15, 0.2) is 5.54 Å². The van der Waals surface area contributed by atoms with Gasteiger partial charge in [0.05, 0.1) is 0 Å². The summed E-state index contributed by atoms with van der Waals surface area (Å²) in [6, 6.07) is 22.3. The van der Waals surface area contributed by atoms with Gasteiger partial charge in [-0.15, -0.1) is 0 Å². The highest BCUT2D eigenvalue weighted by Gasteiger charge is 2.34. The number of allylic oxidation sites excluding steroid dienone is 1. The molecule has 0 aliphatic rings. The van der Waals surface area contributed by atoms with Crippen molar-refractivity contribution in [3.8, 4) is 6.07 Å². The molecule has 0 amide bonds. The van der Waals surface area contributed by atoms with Crippen LogP contribution in [0.1, 0.15) is 12.5 Å². The molecule has 20 heavy (non-hydrogen) atoms. The SMILES string of the molecule is C/C=C\C(C#N)(c1ccccc1)N(C)c1ccccc1. The summed E-state index contributed by atoms with van der Waals surface area (Å²) in [5.41, 5.74) is 1.18. The zero-order valence-corrected chi connectivity index (χ0v) is 11.8. The predicted octanol–water partition coefficient (Wildman–Crippen LogP) is 4.12. The van der Waals surface area contributed by atoms with E-state index < -0.39 is 5.54 Å². The average Bonchev–Trinajstić information content (AvgIpc) is 2.54. The van der Waals surface area contributed by atoms with Crippen LogP contribution in [-0.4, -0.2) is 7.05 Å². The van der Waals surface area contributed by atoms with E-state index in [0.717, 1.165) is 11.3 Å². The first kappa shape index (κ1) is 13.9. The Morgan fingerprint density at radius 2 is 1.55 bits per heavy atom. The maximum atomic E-state index is 9.85. The topological polar surface area (TPSA) is 27.0 Å². The van der Waals surface area contributed by atoms with Crippen molar-refractivity contribution in [1.29, 1.82) is 5.26 Å². The number of hydrogen-bond donors (Lipinski definition) is 0. The van der Waals surface area contributed by atoms with Crippen LogP contribution < -0.4 is 4.90 Å².